The summed E-state index contributed by atoms with van der Waals surface area (Å²) in [5.41, 5.74) is 0.683. The van der Waals surface area contributed by atoms with E-state index in [9.17, 15) is 18.0 Å². The average molecular weight is 482 g/mol. The highest BCUT2D eigenvalue weighted by Gasteiger charge is 2.27. The Morgan fingerprint density at radius 2 is 1.85 bits per heavy atom. The van der Waals surface area contributed by atoms with Crippen molar-refractivity contribution in [3.05, 3.63) is 23.8 Å². The first kappa shape index (κ1) is 25.5. The highest BCUT2D eigenvalue weighted by atomic mass is 32.2. The van der Waals surface area contributed by atoms with Gasteiger partial charge in [-0.15, -0.1) is 0 Å². The van der Waals surface area contributed by atoms with Gasteiger partial charge in [-0.1, -0.05) is 19.3 Å². The molecule has 1 aromatic carbocycles. The number of carbonyl (C=O) groups is 2. The lowest BCUT2D eigenvalue weighted by atomic mass is 9.89. The fourth-order valence-corrected chi connectivity index (χ4v) is 5.12. The molecule has 0 bridgehead atoms. The van der Waals surface area contributed by atoms with Crippen LogP contribution >= 0.6 is 0 Å². The normalized spacial score (nSPS) is 18.7. The molecular formula is C23H35N3O6S. The molecule has 1 N–H and O–H groups in total. The van der Waals surface area contributed by atoms with Crippen molar-refractivity contribution in [2.45, 2.75) is 50.0 Å². The maximum Gasteiger partial charge on any atom is 0.341 e. The van der Waals surface area contributed by atoms with Crippen molar-refractivity contribution in [1.82, 2.24) is 9.62 Å². The maximum atomic E-state index is 13.1. The predicted octanol–water partition coefficient (Wildman–Crippen LogP) is 2.02. The molecule has 2 aliphatic rings. The van der Waals surface area contributed by atoms with E-state index in [1.165, 1.54) is 52.4 Å². The van der Waals surface area contributed by atoms with Gasteiger partial charge in [0.25, 0.3) is 5.91 Å². The van der Waals surface area contributed by atoms with Gasteiger partial charge in [0.1, 0.15) is 0 Å². The van der Waals surface area contributed by atoms with Crippen molar-refractivity contribution in [3.8, 4) is 0 Å². The van der Waals surface area contributed by atoms with E-state index in [-0.39, 0.29) is 16.4 Å². The van der Waals surface area contributed by atoms with Gasteiger partial charge in [0, 0.05) is 33.7 Å². The van der Waals surface area contributed by atoms with Crippen LogP contribution in [0.15, 0.2) is 23.1 Å². The number of hydrogen-bond acceptors (Lipinski definition) is 7. The maximum absolute atomic E-state index is 13.1. The molecule has 0 spiro atoms. The van der Waals surface area contributed by atoms with Gasteiger partial charge in [-0.3, -0.25) is 4.79 Å². The highest BCUT2D eigenvalue weighted by molar-refractivity contribution is 7.89. The zero-order chi connectivity index (χ0) is 24.0. The summed E-state index contributed by atoms with van der Waals surface area (Å²) in [4.78, 5) is 27.6. The first-order valence-corrected chi connectivity index (χ1v) is 13.0. The van der Waals surface area contributed by atoms with Gasteiger partial charge in [0.2, 0.25) is 10.0 Å². The lowest BCUT2D eigenvalue weighted by Crippen LogP contribution is -2.39. The molecule has 0 radical (unpaired) electrons. The summed E-state index contributed by atoms with van der Waals surface area (Å²) in [7, 11) is -0.878. The van der Waals surface area contributed by atoms with E-state index in [4.69, 9.17) is 9.47 Å². The number of ether oxygens (including phenoxy) is 2. The zero-order valence-electron chi connectivity index (χ0n) is 19.7. The van der Waals surface area contributed by atoms with Gasteiger partial charge < -0.3 is 19.7 Å². The van der Waals surface area contributed by atoms with Crippen molar-refractivity contribution < 1.29 is 27.5 Å². The summed E-state index contributed by atoms with van der Waals surface area (Å²) >= 11 is 0. The Morgan fingerprint density at radius 3 is 2.48 bits per heavy atom. The van der Waals surface area contributed by atoms with Gasteiger partial charge in [-0.05, 0) is 43.9 Å². The molecule has 184 valence electrons. The SMILES string of the molecule is C[C@@H](OC(=O)c1cc(S(=O)(=O)N(C)C)ccc1N1CCOCC1)C(=O)NCC1CCCCC1. The standard InChI is InChI=1S/C23H35N3O6S/c1-17(22(27)24-16-18-7-5-4-6-8-18)32-23(28)20-15-19(33(29,30)25(2)3)9-10-21(20)26-11-13-31-14-12-26/h9-10,15,17-18H,4-8,11-14,16H2,1-3H3,(H,24,27)/t17-/m1/s1. The Labute approximate surface area is 196 Å². The fourth-order valence-electron chi connectivity index (χ4n) is 4.19. The van der Waals surface area contributed by atoms with E-state index < -0.39 is 22.1 Å². The fraction of sp³-hybridized carbons (Fsp3) is 0.652. The second-order valence-corrected chi connectivity index (χ2v) is 11.0. The largest absolute Gasteiger partial charge is 0.449 e. The van der Waals surface area contributed by atoms with Crippen LogP contribution < -0.4 is 10.2 Å². The molecule has 1 amide bonds. The molecule has 1 aliphatic heterocycles. The van der Waals surface area contributed by atoms with Crippen molar-refractivity contribution in [1.29, 1.82) is 0 Å². The third-order valence-electron chi connectivity index (χ3n) is 6.26. The van der Waals surface area contributed by atoms with Crippen LogP contribution in [0.5, 0.6) is 0 Å². The third-order valence-corrected chi connectivity index (χ3v) is 8.07. The van der Waals surface area contributed by atoms with Gasteiger partial charge in [-0.2, -0.15) is 0 Å². The van der Waals surface area contributed by atoms with Crippen LogP contribution in [-0.4, -0.2) is 77.6 Å². The van der Waals surface area contributed by atoms with Crippen molar-refractivity contribution in [2.75, 3.05) is 51.8 Å². The highest BCUT2D eigenvalue weighted by Crippen LogP contribution is 2.27. The monoisotopic (exact) mass is 481 g/mol. The first-order valence-electron chi connectivity index (χ1n) is 11.6. The zero-order valence-corrected chi connectivity index (χ0v) is 20.5. The molecule has 1 aliphatic carbocycles. The van der Waals surface area contributed by atoms with E-state index in [1.807, 2.05) is 4.90 Å². The van der Waals surface area contributed by atoms with Crippen molar-refractivity contribution in [3.63, 3.8) is 0 Å². The Balaban J connectivity index is 1.76. The predicted molar refractivity (Wildman–Crippen MR) is 125 cm³/mol. The summed E-state index contributed by atoms with van der Waals surface area (Å²) in [5.74, 6) is -0.613. The molecule has 0 unspecified atom stereocenters. The Kier molecular flexibility index (Phi) is 8.72. The minimum Gasteiger partial charge on any atom is -0.449 e. The number of nitrogens with zero attached hydrogens (tertiary/aromatic N) is 2. The number of carbonyl (C=O) groups excluding carboxylic acids is 2. The summed E-state index contributed by atoms with van der Waals surface area (Å²) in [6.45, 7) is 4.26. The molecule has 1 atom stereocenters. The molecule has 10 heteroatoms. The molecule has 33 heavy (non-hydrogen) atoms. The number of rotatable bonds is 8. The van der Waals surface area contributed by atoms with Crippen molar-refractivity contribution in [2.24, 2.45) is 5.92 Å². The van der Waals surface area contributed by atoms with Crippen LogP contribution in [-0.2, 0) is 24.3 Å². The number of nitrogens with one attached hydrogen (secondary N) is 1. The van der Waals surface area contributed by atoms with Gasteiger partial charge in [-0.25, -0.2) is 17.5 Å². The van der Waals surface area contributed by atoms with Crippen LogP contribution in [0.25, 0.3) is 0 Å². The second-order valence-electron chi connectivity index (χ2n) is 8.86. The molecular weight excluding hydrogens is 446 g/mol. The lowest BCUT2D eigenvalue weighted by molar-refractivity contribution is -0.129. The molecule has 1 saturated carbocycles. The van der Waals surface area contributed by atoms with E-state index >= 15 is 0 Å². The molecule has 3 rings (SSSR count). The average Bonchev–Trinajstić information content (AvgIpc) is 2.83. The quantitative estimate of drug-likeness (QED) is 0.566. The summed E-state index contributed by atoms with van der Waals surface area (Å²) in [6, 6.07) is 4.43. The van der Waals surface area contributed by atoms with Crippen molar-refractivity contribution >= 4 is 27.6 Å². The number of benzene rings is 1. The van der Waals surface area contributed by atoms with Gasteiger partial charge in [0.05, 0.1) is 29.4 Å². The summed E-state index contributed by atoms with van der Waals surface area (Å²) in [5, 5.41) is 2.89. The van der Waals surface area contributed by atoms with E-state index in [0.717, 1.165) is 17.1 Å². The molecule has 1 saturated heterocycles. The smallest absolute Gasteiger partial charge is 0.341 e. The second kappa shape index (κ2) is 11.3. The third kappa shape index (κ3) is 6.45. The molecule has 1 heterocycles. The molecule has 0 aromatic heterocycles. The van der Waals surface area contributed by atoms with Crippen LogP contribution in [0.4, 0.5) is 5.69 Å². The van der Waals surface area contributed by atoms with Crippen LogP contribution in [0, 0.1) is 5.92 Å². The number of hydrogen-bond donors (Lipinski definition) is 1. The van der Waals surface area contributed by atoms with Gasteiger partial charge in [0.15, 0.2) is 6.10 Å². The van der Waals surface area contributed by atoms with Crippen LogP contribution in [0.1, 0.15) is 49.4 Å². The number of morpholine rings is 1. The van der Waals surface area contributed by atoms with Gasteiger partial charge >= 0.3 is 5.97 Å². The summed E-state index contributed by atoms with van der Waals surface area (Å²) in [6.07, 6.45) is 4.82. The minimum atomic E-state index is -3.74. The number of anilines is 1. The Hall–Kier alpha value is -2.17. The Morgan fingerprint density at radius 1 is 1.18 bits per heavy atom. The molecule has 1 aromatic rings. The molecule has 2 fully saturated rings. The van der Waals surface area contributed by atoms with E-state index in [1.54, 1.807) is 6.07 Å². The van der Waals surface area contributed by atoms with E-state index in [0.29, 0.717) is 44.5 Å². The number of sulfonamides is 1. The topological polar surface area (TPSA) is 105 Å². The van der Waals surface area contributed by atoms with Crippen LogP contribution in [0.2, 0.25) is 0 Å². The molecule has 9 nitrogen and oxygen atoms in total. The Bertz CT molecular complexity index is 938. The lowest BCUT2D eigenvalue weighted by Gasteiger charge is -2.30. The first-order chi connectivity index (χ1) is 15.7. The minimum absolute atomic E-state index is 0.00846. The van der Waals surface area contributed by atoms with E-state index in [2.05, 4.69) is 5.32 Å². The summed E-state index contributed by atoms with van der Waals surface area (Å²) < 4.78 is 37.2. The number of amides is 1. The number of esters is 1. The van der Waals surface area contributed by atoms with Crippen LogP contribution in [0.3, 0.4) is 0 Å².